The van der Waals surface area contributed by atoms with Gasteiger partial charge in [0, 0.05) is 62.5 Å². The number of likely N-dealkylation sites (tertiary alicyclic amines) is 1. The van der Waals surface area contributed by atoms with Crippen molar-refractivity contribution in [2.45, 2.75) is 32.1 Å². The van der Waals surface area contributed by atoms with Crippen LogP contribution in [-0.4, -0.2) is 60.2 Å². The molecule has 3 saturated heterocycles. The number of amides is 1. The Morgan fingerprint density at radius 2 is 1.67 bits per heavy atom. The summed E-state index contributed by atoms with van der Waals surface area (Å²) in [5.41, 5.74) is 2.91. The van der Waals surface area contributed by atoms with E-state index in [0.29, 0.717) is 31.0 Å². The summed E-state index contributed by atoms with van der Waals surface area (Å²) in [5.74, 6) is 2.37. The number of aryl methyl sites for hydroxylation is 1. The van der Waals surface area contributed by atoms with Gasteiger partial charge >= 0.3 is 0 Å². The van der Waals surface area contributed by atoms with Gasteiger partial charge in [0.15, 0.2) is 0 Å². The fraction of sp³-hybridized carbons (Fsp3) is 0.542. The van der Waals surface area contributed by atoms with E-state index in [4.69, 9.17) is 4.74 Å². The van der Waals surface area contributed by atoms with Gasteiger partial charge < -0.3 is 14.5 Å². The minimum Gasteiger partial charge on any atom is -0.381 e. The zero-order valence-corrected chi connectivity index (χ0v) is 17.9. The van der Waals surface area contributed by atoms with Crippen LogP contribution >= 0.6 is 0 Å². The van der Waals surface area contributed by atoms with Crippen LogP contribution < -0.4 is 4.90 Å². The molecule has 6 heteroatoms. The van der Waals surface area contributed by atoms with Gasteiger partial charge in [0.2, 0.25) is 5.91 Å². The number of rotatable bonds is 3. The minimum absolute atomic E-state index is 0.298. The van der Waals surface area contributed by atoms with Gasteiger partial charge in [-0.05, 0) is 32.3 Å². The predicted molar refractivity (Wildman–Crippen MR) is 115 cm³/mol. The maximum Gasteiger partial charge on any atom is 0.233 e. The Hall–Kier alpha value is -2.47. The lowest BCUT2D eigenvalue weighted by atomic mass is 9.73. The Bertz CT molecular complexity index is 912. The maximum absolute atomic E-state index is 13.8. The Morgan fingerprint density at radius 3 is 2.33 bits per heavy atom. The molecule has 5 rings (SSSR count). The van der Waals surface area contributed by atoms with Crippen LogP contribution in [0.3, 0.4) is 0 Å². The lowest BCUT2D eigenvalue weighted by molar-refractivity contribution is -0.140. The molecule has 2 aromatic rings. The summed E-state index contributed by atoms with van der Waals surface area (Å²) in [4.78, 5) is 27.2. The van der Waals surface area contributed by atoms with Gasteiger partial charge in [-0.1, -0.05) is 30.3 Å². The van der Waals surface area contributed by atoms with Crippen molar-refractivity contribution in [1.82, 2.24) is 14.9 Å². The molecule has 0 N–H and O–H groups in total. The van der Waals surface area contributed by atoms with Gasteiger partial charge in [0.25, 0.3) is 0 Å². The molecule has 4 heterocycles. The molecule has 3 aliphatic rings. The summed E-state index contributed by atoms with van der Waals surface area (Å²) in [5, 5.41) is 0. The largest absolute Gasteiger partial charge is 0.381 e. The van der Waals surface area contributed by atoms with Crippen LogP contribution in [0.4, 0.5) is 5.82 Å². The molecule has 1 amide bonds. The van der Waals surface area contributed by atoms with Gasteiger partial charge in [0.05, 0.1) is 5.41 Å². The van der Waals surface area contributed by atoms with E-state index in [-0.39, 0.29) is 0 Å². The number of benzene rings is 1. The van der Waals surface area contributed by atoms with Crippen LogP contribution in [0.25, 0.3) is 0 Å². The zero-order chi connectivity index (χ0) is 20.7. The average molecular weight is 407 g/mol. The number of carbonyl (C=O) groups excluding carboxylic acids is 1. The number of aromatic nitrogens is 2. The smallest absolute Gasteiger partial charge is 0.233 e. The maximum atomic E-state index is 13.8. The summed E-state index contributed by atoms with van der Waals surface area (Å²) in [7, 11) is 0. The first-order chi connectivity index (χ1) is 14.6. The van der Waals surface area contributed by atoms with Gasteiger partial charge in [-0.25, -0.2) is 9.97 Å². The molecular weight excluding hydrogens is 376 g/mol. The highest BCUT2D eigenvalue weighted by Gasteiger charge is 2.49. The van der Waals surface area contributed by atoms with Crippen molar-refractivity contribution in [2.75, 3.05) is 44.3 Å². The highest BCUT2D eigenvalue weighted by molar-refractivity contribution is 5.88. The third-order valence-electron chi connectivity index (χ3n) is 7.46. The molecule has 1 aromatic heterocycles. The molecule has 2 atom stereocenters. The fourth-order valence-electron chi connectivity index (χ4n) is 5.58. The summed E-state index contributed by atoms with van der Waals surface area (Å²) < 4.78 is 5.63. The molecule has 158 valence electrons. The first-order valence-electron chi connectivity index (χ1n) is 11.0. The molecule has 0 aliphatic carbocycles. The van der Waals surface area contributed by atoms with Gasteiger partial charge in [-0.2, -0.15) is 0 Å². The standard InChI is InChI=1S/C24H30N4O2/c1-17-18(2)25-16-26-22(17)27-12-19-14-28(15-20(19)13-27)23(29)24(8-10-30-11-9-24)21-6-4-3-5-7-21/h3-7,16,19-20H,8-15H2,1-2H3. The van der Waals surface area contributed by atoms with E-state index in [2.05, 4.69) is 38.8 Å². The summed E-state index contributed by atoms with van der Waals surface area (Å²) >= 11 is 0. The topological polar surface area (TPSA) is 58.6 Å². The quantitative estimate of drug-likeness (QED) is 0.785. The van der Waals surface area contributed by atoms with Crippen LogP contribution in [0.2, 0.25) is 0 Å². The van der Waals surface area contributed by atoms with Gasteiger partial charge in [0.1, 0.15) is 12.1 Å². The Labute approximate surface area is 178 Å². The second-order valence-electron chi connectivity index (χ2n) is 9.10. The summed E-state index contributed by atoms with van der Waals surface area (Å²) in [6, 6.07) is 10.3. The second-order valence-corrected chi connectivity index (χ2v) is 9.10. The van der Waals surface area contributed by atoms with Crippen LogP contribution in [-0.2, 0) is 14.9 Å². The van der Waals surface area contributed by atoms with E-state index in [1.165, 1.54) is 0 Å². The van der Waals surface area contributed by atoms with Gasteiger partial charge in [-0.15, -0.1) is 0 Å². The van der Waals surface area contributed by atoms with Crippen LogP contribution in [0.1, 0.15) is 29.7 Å². The van der Waals surface area contributed by atoms with Crippen LogP contribution in [0.15, 0.2) is 36.7 Å². The van der Waals surface area contributed by atoms with E-state index in [9.17, 15) is 4.79 Å². The molecule has 0 radical (unpaired) electrons. The van der Waals surface area contributed by atoms with Crippen molar-refractivity contribution in [3.8, 4) is 0 Å². The van der Waals surface area contributed by atoms with Crippen molar-refractivity contribution in [2.24, 2.45) is 11.8 Å². The Balaban J connectivity index is 1.33. The number of hydrogen-bond acceptors (Lipinski definition) is 5. The first kappa shape index (κ1) is 19.5. The van der Waals surface area contributed by atoms with E-state index in [0.717, 1.165) is 61.7 Å². The van der Waals surface area contributed by atoms with Gasteiger partial charge in [-0.3, -0.25) is 4.79 Å². The minimum atomic E-state index is -0.432. The number of hydrogen-bond donors (Lipinski definition) is 0. The molecule has 3 aliphatic heterocycles. The normalized spacial score (nSPS) is 25.4. The van der Waals surface area contributed by atoms with Crippen LogP contribution in [0, 0.1) is 25.7 Å². The number of fused-ring (bicyclic) bond motifs is 1. The van der Waals surface area contributed by atoms with E-state index < -0.39 is 5.41 Å². The monoisotopic (exact) mass is 406 g/mol. The summed E-state index contributed by atoms with van der Waals surface area (Å²) in [6.07, 6.45) is 3.21. The fourth-order valence-corrected chi connectivity index (χ4v) is 5.58. The molecular formula is C24H30N4O2. The van der Waals surface area contributed by atoms with Crippen molar-refractivity contribution < 1.29 is 9.53 Å². The van der Waals surface area contributed by atoms with E-state index >= 15 is 0 Å². The number of ether oxygens (including phenoxy) is 1. The highest BCUT2D eigenvalue weighted by atomic mass is 16.5. The molecule has 1 aromatic carbocycles. The molecule has 0 bridgehead atoms. The molecule has 0 saturated carbocycles. The molecule has 2 unspecified atom stereocenters. The Morgan fingerprint density at radius 1 is 1.00 bits per heavy atom. The molecule has 0 spiro atoms. The van der Waals surface area contributed by atoms with Crippen LogP contribution in [0.5, 0.6) is 0 Å². The molecule has 30 heavy (non-hydrogen) atoms. The lowest BCUT2D eigenvalue weighted by Gasteiger charge is -2.39. The average Bonchev–Trinajstić information content (AvgIpc) is 3.35. The second kappa shape index (κ2) is 7.65. The highest BCUT2D eigenvalue weighted by Crippen LogP contribution is 2.41. The SMILES string of the molecule is Cc1ncnc(N2CC3CN(C(=O)C4(c5ccccc5)CCOCC4)CC3C2)c1C. The number of carbonyl (C=O) groups is 1. The Kier molecular flexibility index (Phi) is 4.97. The number of nitrogens with zero attached hydrogens (tertiary/aromatic N) is 4. The van der Waals surface area contributed by atoms with Crippen molar-refractivity contribution in [3.63, 3.8) is 0 Å². The third-order valence-corrected chi connectivity index (χ3v) is 7.46. The van der Waals surface area contributed by atoms with E-state index in [1.807, 2.05) is 25.1 Å². The van der Waals surface area contributed by atoms with E-state index in [1.54, 1.807) is 6.33 Å². The number of anilines is 1. The predicted octanol–water partition coefficient (Wildman–Crippen LogP) is 2.74. The summed E-state index contributed by atoms with van der Waals surface area (Å²) in [6.45, 7) is 9.07. The first-order valence-corrected chi connectivity index (χ1v) is 11.0. The van der Waals surface area contributed by atoms with Crippen molar-refractivity contribution >= 4 is 11.7 Å². The van der Waals surface area contributed by atoms with Crippen molar-refractivity contribution in [3.05, 3.63) is 53.5 Å². The third kappa shape index (κ3) is 3.18. The zero-order valence-electron chi connectivity index (χ0n) is 17.9. The molecule has 3 fully saturated rings. The lowest BCUT2D eigenvalue weighted by Crippen LogP contribution is -2.50. The molecule has 6 nitrogen and oxygen atoms in total. The van der Waals surface area contributed by atoms with Crippen molar-refractivity contribution in [1.29, 1.82) is 0 Å².